The molecule has 0 aromatic heterocycles. The molecule has 1 aliphatic heterocycles. The summed E-state index contributed by atoms with van der Waals surface area (Å²) in [4.78, 5) is 0. The van der Waals surface area contributed by atoms with Gasteiger partial charge in [0.2, 0.25) is 0 Å². The van der Waals surface area contributed by atoms with Crippen molar-refractivity contribution in [1.82, 2.24) is 5.32 Å². The van der Waals surface area contributed by atoms with Crippen LogP contribution in [0.25, 0.3) is 5.57 Å². The predicted molar refractivity (Wildman–Crippen MR) is 78.1 cm³/mol. The summed E-state index contributed by atoms with van der Waals surface area (Å²) in [7, 11) is 1.61. The summed E-state index contributed by atoms with van der Waals surface area (Å²) in [6.45, 7) is 1.26. The van der Waals surface area contributed by atoms with Crippen LogP contribution in [0.2, 0.25) is 0 Å². The summed E-state index contributed by atoms with van der Waals surface area (Å²) in [5.74, 6) is -0.123. The lowest BCUT2D eigenvalue weighted by atomic mass is 9.93. The van der Waals surface area contributed by atoms with E-state index in [-0.39, 0.29) is 5.56 Å². The monoisotopic (exact) mass is 287 g/mol. The number of hydrogen-bond acceptors (Lipinski definition) is 2. The first-order valence-electron chi connectivity index (χ1n) is 6.72. The molecule has 1 aliphatic rings. The fourth-order valence-corrected chi connectivity index (χ4v) is 2.56. The van der Waals surface area contributed by atoms with E-state index >= 15 is 0 Å². The minimum absolute atomic E-state index is 0.283. The van der Waals surface area contributed by atoms with Crippen molar-refractivity contribution in [2.45, 2.75) is 6.54 Å². The SMILES string of the molecule is COc1ccc2c(c1)CNCC=C2c1cc(F)ccc1F. The number of benzene rings is 2. The molecule has 3 rings (SSSR count). The van der Waals surface area contributed by atoms with Crippen LogP contribution in [0.3, 0.4) is 0 Å². The van der Waals surface area contributed by atoms with Crippen LogP contribution < -0.4 is 10.1 Å². The highest BCUT2D eigenvalue weighted by atomic mass is 19.1. The van der Waals surface area contributed by atoms with Gasteiger partial charge in [0, 0.05) is 18.7 Å². The Kier molecular flexibility index (Phi) is 3.71. The van der Waals surface area contributed by atoms with Gasteiger partial charge in [0.1, 0.15) is 17.4 Å². The van der Waals surface area contributed by atoms with Crippen molar-refractivity contribution in [2.75, 3.05) is 13.7 Å². The Labute approximate surface area is 122 Å². The van der Waals surface area contributed by atoms with E-state index in [1.165, 1.54) is 6.07 Å². The molecule has 21 heavy (non-hydrogen) atoms. The quantitative estimate of drug-likeness (QED) is 0.912. The number of rotatable bonds is 2. The summed E-state index contributed by atoms with van der Waals surface area (Å²) in [5.41, 5.74) is 2.88. The maximum absolute atomic E-state index is 14.1. The molecule has 2 nitrogen and oxygen atoms in total. The lowest BCUT2D eigenvalue weighted by Crippen LogP contribution is -2.11. The average molecular weight is 287 g/mol. The molecule has 0 aliphatic carbocycles. The van der Waals surface area contributed by atoms with Crippen LogP contribution in [0.15, 0.2) is 42.5 Å². The van der Waals surface area contributed by atoms with E-state index in [0.717, 1.165) is 29.0 Å². The molecule has 1 heterocycles. The molecule has 0 spiro atoms. The van der Waals surface area contributed by atoms with Crippen LogP contribution in [0.4, 0.5) is 8.78 Å². The Morgan fingerprint density at radius 2 is 1.90 bits per heavy atom. The van der Waals surface area contributed by atoms with Crippen LogP contribution in [0.1, 0.15) is 16.7 Å². The highest BCUT2D eigenvalue weighted by molar-refractivity contribution is 5.82. The van der Waals surface area contributed by atoms with Gasteiger partial charge in [-0.25, -0.2) is 8.78 Å². The molecule has 0 amide bonds. The van der Waals surface area contributed by atoms with Gasteiger partial charge >= 0.3 is 0 Å². The maximum Gasteiger partial charge on any atom is 0.131 e. The molecule has 0 unspecified atom stereocenters. The van der Waals surface area contributed by atoms with E-state index in [9.17, 15) is 8.78 Å². The van der Waals surface area contributed by atoms with E-state index in [4.69, 9.17) is 4.74 Å². The molecule has 2 aromatic rings. The summed E-state index contributed by atoms with van der Waals surface area (Å²) in [6.07, 6.45) is 1.89. The Hall–Kier alpha value is -2.20. The van der Waals surface area contributed by atoms with E-state index < -0.39 is 11.6 Å². The van der Waals surface area contributed by atoms with Gasteiger partial charge in [0.05, 0.1) is 7.11 Å². The minimum Gasteiger partial charge on any atom is -0.497 e. The van der Waals surface area contributed by atoms with E-state index in [0.29, 0.717) is 18.7 Å². The molecule has 0 saturated carbocycles. The maximum atomic E-state index is 14.1. The van der Waals surface area contributed by atoms with Crippen molar-refractivity contribution in [2.24, 2.45) is 0 Å². The van der Waals surface area contributed by atoms with Crippen LogP contribution in [-0.2, 0) is 6.54 Å². The van der Waals surface area contributed by atoms with E-state index in [1.54, 1.807) is 7.11 Å². The molecule has 0 atom stereocenters. The fourth-order valence-electron chi connectivity index (χ4n) is 2.56. The van der Waals surface area contributed by atoms with Gasteiger partial charge in [-0.3, -0.25) is 0 Å². The molecule has 0 radical (unpaired) electrons. The van der Waals surface area contributed by atoms with Gasteiger partial charge in [0.15, 0.2) is 0 Å². The molecule has 108 valence electrons. The first-order chi connectivity index (χ1) is 10.2. The van der Waals surface area contributed by atoms with Gasteiger partial charge in [-0.15, -0.1) is 0 Å². The van der Waals surface area contributed by atoms with Gasteiger partial charge < -0.3 is 10.1 Å². The molecular formula is C17H15F2NO. The zero-order chi connectivity index (χ0) is 14.8. The van der Waals surface area contributed by atoms with Gasteiger partial charge in [-0.1, -0.05) is 12.1 Å². The Bertz CT molecular complexity index is 710. The second-order valence-electron chi connectivity index (χ2n) is 4.90. The van der Waals surface area contributed by atoms with Crippen molar-refractivity contribution in [3.8, 4) is 5.75 Å². The second kappa shape index (κ2) is 5.66. The Morgan fingerprint density at radius 1 is 1.05 bits per heavy atom. The lowest BCUT2D eigenvalue weighted by Gasteiger charge is -2.13. The fraction of sp³-hybridized carbons (Fsp3) is 0.176. The third-order valence-corrected chi connectivity index (χ3v) is 3.59. The number of hydrogen-bond donors (Lipinski definition) is 1. The molecule has 1 N–H and O–H groups in total. The minimum atomic E-state index is -0.445. The first kappa shape index (κ1) is 13.8. The van der Waals surface area contributed by atoms with Crippen LogP contribution in [0, 0.1) is 11.6 Å². The lowest BCUT2D eigenvalue weighted by molar-refractivity contribution is 0.414. The topological polar surface area (TPSA) is 21.3 Å². The van der Waals surface area contributed by atoms with Crippen LogP contribution in [0.5, 0.6) is 5.75 Å². The smallest absolute Gasteiger partial charge is 0.131 e. The highest BCUT2D eigenvalue weighted by Crippen LogP contribution is 2.32. The van der Waals surface area contributed by atoms with Crippen molar-refractivity contribution in [1.29, 1.82) is 0 Å². The molecule has 0 bridgehead atoms. The van der Waals surface area contributed by atoms with Crippen molar-refractivity contribution >= 4 is 5.57 Å². The Balaban J connectivity index is 2.16. The van der Waals surface area contributed by atoms with E-state index in [2.05, 4.69) is 5.32 Å². The predicted octanol–water partition coefficient (Wildman–Crippen LogP) is 3.51. The van der Waals surface area contributed by atoms with Crippen LogP contribution >= 0.6 is 0 Å². The number of nitrogens with one attached hydrogen (secondary N) is 1. The molecule has 4 heteroatoms. The number of fused-ring (bicyclic) bond motifs is 1. The molecule has 0 saturated heterocycles. The number of halogens is 2. The summed E-state index contributed by atoms with van der Waals surface area (Å²) < 4.78 is 32.8. The summed E-state index contributed by atoms with van der Waals surface area (Å²) in [5, 5.41) is 3.24. The van der Waals surface area contributed by atoms with Crippen LogP contribution in [-0.4, -0.2) is 13.7 Å². The second-order valence-corrected chi connectivity index (χ2v) is 4.90. The van der Waals surface area contributed by atoms with Crippen molar-refractivity contribution in [3.05, 3.63) is 70.8 Å². The van der Waals surface area contributed by atoms with Crippen molar-refractivity contribution < 1.29 is 13.5 Å². The number of ether oxygens (including phenoxy) is 1. The third-order valence-electron chi connectivity index (χ3n) is 3.59. The first-order valence-corrected chi connectivity index (χ1v) is 6.72. The zero-order valence-electron chi connectivity index (χ0n) is 11.6. The molecule has 2 aromatic carbocycles. The summed E-state index contributed by atoms with van der Waals surface area (Å²) >= 11 is 0. The standard InChI is InChI=1S/C17H15F2NO/c1-21-13-3-4-14-11(8-13)10-20-7-6-15(14)16-9-12(18)2-5-17(16)19/h2-6,8-9,20H,7,10H2,1H3. The van der Waals surface area contributed by atoms with Gasteiger partial charge in [-0.2, -0.15) is 0 Å². The summed E-state index contributed by atoms with van der Waals surface area (Å²) in [6, 6.07) is 9.15. The van der Waals surface area contributed by atoms with Crippen molar-refractivity contribution in [3.63, 3.8) is 0 Å². The average Bonchev–Trinajstić information content (AvgIpc) is 2.71. The van der Waals surface area contributed by atoms with Gasteiger partial charge in [-0.05, 0) is 47.0 Å². The highest BCUT2D eigenvalue weighted by Gasteiger charge is 2.17. The third kappa shape index (κ3) is 2.67. The largest absolute Gasteiger partial charge is 0.497 e. The van der Waals surface area contributed by atoms with Gasteiger partial charge in [0.25, 0.3) is 0 Å². The number of methoxy groups -OCH3 is 1. The normalized spacial score (nSPS) is 14.1. The Morgan fingerprint density at radius 3 is 2.71 bits per heavy atom. The zero-order valence-corrected chi connectivity index (χ0v) is 11.6. The molecule has 0 fully saturated rings. The molecular weight excluding hydrogens is 272 g/mol. The van der Waals surface area contributed by atoms with E-state index in [1.807, 2.05) is 24.3 Å².